The lowest BCUT2D eigenvalue weighted by atomic mass is 9.91. The fourth-order valence-electron chi connectivity index (χ4n) is 4.42. The van der Waals surface area contributed by atoms with Gasteiger partial charge in [-0.2, -0.15) is 5.10 Å². The summed E-state index contributed by atoms with van der Waals surface area (Å²) >= 11 is 0. The standard InChI is InChI=1S/C22H29FN4O/c1-26-20-11-10-18(24-15-16-6-8-17(23)9-7-16)14-19(20)21(25-26)22(28)27-12-4-2-3-5-13-27/h6-9,18,24H,2-5,10-15H2,1H3. The molecule has 6 heteroatoms. The molecule has 1 aromatic heterocycles. The Kier molecular flexibility index (Phi) is 5.76. The van der Waals surface area contributed by atoms with Crippen LogP contribution in [-0.4, -0.2) is 39.7 Å². The molecule has 0 radical (unpaired) electrons. The SMILES string of the molecule is Cn1nc(C(=O)N2CCCCCC2)c2c1CCC(NCc1ccc(F)cc1)C2. The van der Waals surface area contributed by atoms with Crippen molar-refractivity contribution in [1.82, 2.24) is 20.0 Å². The predicted molar refractivity (Wildman–Crippen MR) is 107 cm³/mol. The first-order chi connectivity index (χ1) is 13.6. The summed E-state index contributed by atoms with van der Waals surface area (Å²) in [6, 6.07) is 6.92. The number of fused-ring (bicyclic) bond motifs is 1. The van der Waals surface area contributed by atoms with Gasteiger partial charge in [0, 0.05) is 44.0 Å². The fourth-order valence-corrected chi connectivity index (χ4v) is 4.42. The molecule has 1 atom stereocenters. The number of hydrogen-bond donors (Lipinski definition) is 1. The molecule has 1 unspecified atom stereocenters. The van der Waals surface area contributed by atoms with Crippen LogP contribution >= 0.6 is 0 Å². The Morgan fingerprint density at radius 2 is 1.89 bits per heavy atom. The van der Waals surface area contributed by atoms with Crippen LogP contribution in [0.4, 0.5) is 4.39 Å². The first-order valence-electron chi connectivity index (χ1n) is 10.4. The second kappa shape index (κ2) is 8.43. The number of nitrogens with one attached hydrogen (secondary N) is 1. The number of hydrogen-bond acceptors (Lipinski definition) is 3. The number of nitrogens with zero attached hydrogens (tertiary/aromatic N) is 3. The zero-order valence-electron chi connectivity index (χ0n) is 16.6. The van der Waals surface area contributed by atoms with E-state index in [2.05, 4.69) is 10.4 Å². The average Bonchev–Trinajstić information content (AvgIpc) is 2.88. The molecule has 5 nitrogen and oxygen atoms in total. The van der Waals surface area contributed by atoms with Gasteiger partial charge < -0.3 is 10.2 Å². The van der Waals surface area contributed by atoms with Crippen LogP contribution in [0.1, 0.15) is 59.4 Å². The topological polar surface area (TPSA) is 50.2 Å². The van der Waals surface area contributed by atoms with E-state index in [1.165, 1.54) is 30.7 Å². The number of rotatable bonds is 4. The van der Waals surface area contributed by atoms with Crippen molar-refractivity contribution < 1.29 is 9.18 Å². The summed E-state index contributed by atoms with van der Waals surface area (Å²) in [5.74, 6) is -0.115. The van der Waals surface area contributed by atoms with Gasteiger partial charge in [0.05, 0.1) is 0 Å². The molecule has 2 heterocycles. The molecule has 1 amide bonds. The molecular formula is C22H29FN4O. The van der Waals surface area contributed by atoms with Crippen LogP contribution in [-0.2, 0) is 26.4 Å². The molecule has 150 valence electrons. The van der Waals surface area contributed by atoms with Crippen LogP contribution in [0, 0.1) is 5.82 Å². The smallest absolute Gasteiger partial charge is 0.274 e. The van der Waals surface area contributed by atoms with Crippen molar-refractivity contribution in [3.05, 3.63) is 52.6 Å². The zero-order chi connectivity index (χ0) is 19.5. The Hall–Kier alpha value is -2.21. The highest BCUT2D eigenvalue weighted by Crippen LogP contribution is 2.26. The van der Waals surface area contributed by atoms with Gasteiger partial charge in [0.2, 0.25) is 0 Å². The largest absolute Gasteiger partial charge is 0.337 e. The van der Waals surface area contributed by atoms with Gasteiger partial charge in [-0.1, -0.05) is 25.0 Å². The molecule has 28 heavy (non-hydrogen) atoms. The molecule has 2 aliphatic rings. The summed E-state index contributed by atoms with van der Waals surface area (Å²) in [6.45, 7) is 2.39. The van der Waals surface area contributed by atoms with E-state index in [0.29, 0.717) is 18.3 Å². The molecule has 2 aromatic rings. The van der Waals surface area contributed by atoms with Crippen LogP contribution < -0.4 is 5.32 Å². The van der Waals surface area contributed by atoms with Gasteiger partial charge in [-0.05, 0) is 49.8 Å². The normalized spacial score (nSPS) is 19.9. The highest BCUT2D eigenvalue weighted by atomic mass is 19.1. The number of halogens is 1. The summed E-state index contributed by atoms with van der Waals surface area (Å²) in [7, 11) is 1.95. The Bertz CT molecular complexity index is 822. The van der Waals surface area contributed by atoms with Gasteiger partial charge in [0.15, 0.2) is 5.69 Å². The van der Waals surface area contributed by atoms with E-state index in [4.69, 9.17) is 0 Å². The molecule has 0 spiro atoms. The van der Waals surface area contributed by atoms with Gasteiger partial charge in [-0.25, -0.2) is 4.39 Å². The van der Waals surface area contributed by atoms with E-state index in [1.807, 2.05) is 28.8 Å². The lowest BCUT2D eigenvalue weighted by Gasteiger charge is -2.25. The molecule has 4 rings (SSSR count). The molecule has 1 N–H and O–H groups in total. The summed E-state index contributed by atoms with van der Waals surface area (Å²) in [6.07, 6.45) is 7.35. The quantitative estimate of drug-likeness (QED) is 0.881. The van der Waals surface area contributed by atoms with Crippen LogP contribution in [0.2, 0.25) is 0 Å². The maximum Gasteiger partial charge on any atom is 0.274 e. The van der Waals surface area contributed by atoms with E-state index in [1.54, 1.807) is 0 Å². The highest BCUT2D eigenvalue weighted by molar-refractivity contribution is 5.94. The third-order valence-electron chi connectivity index (χ3n) is 6.06. The zero-order valence-corrected chi connectivity index (χ0v) is 16.6. The molecule has 1 aliphatic carbocycles. The first-order valence-corrected chi connectivity index (χ1v) is 10.4. The van der Waals surface area contributed by atoms with Crippen molar-refractivity contribution in [1.29, 1.82) is 0 Å². The lowest BCUT2D eigenvalue weighted by Crippen LogP contribution is -2.36. The highest BCUT2D eigenvalue weighted by Gasteiger charge is 2.30. The Morgan fingerprint density at radius 1 is 1.18 bits per heavy atom. The predicted octanol–water partition coefficient (Wildman–Crippen LogP) is 3.22. The van der Waals surface area contributed by atoms with Gasteiger partial charge in [-0.15, -0.1) is 0 Å². The van der Waals surface area contributed by atoms with Crippen LogP contribution in [0.25, 0.3) is 0 Å². The van der Waals surface area contributed by atoms with Crippen molar-refractivity contribution >= 4 is 5.91 Å². The molecule has 0 saturated carbocycles. The molecule has 1 saturated heterocycles. The van der Waals surface area contributed by atoms with Crippen molar-refractivity contribution in [3.63, 3.8) is 0 Å². The van der Waals surface area contributed by atoms with Crippen molar-refractivity contribution in [3.8, 4) is 0 Å². The van der Waals surface area contributed by atoms with E-state index >= 15 is 0 Å². The second-order valence-corrected chi connectivity index (χ2v) is 8.05. The van der Waals surface area contributed by atoms with Gasteiger partial charge >= 0.3 is 0 Å². The van der Waals surface area contributed by atoms with Crippen molar-refractivity contribution in [2.75, 3.05) is 13.1 Å². The van der Waals surface area contributed by atoms with Gasteiger partial charge in [0.1, 0.15) is 5.82 Å². The summed E-state index contributed by atoms with van der Waals surface area (Å²) < 4.78 is 15.0. The third-order valence-corrected chi connectivity index (χ3v) is 6.06. The minimum atomic E-state index is -0.210. The maximum atomic E-state index is 13.1. The Balaban J connectivity index is 1.46. The number of benzene rings is 1. The number of carbonyl (C=O) groups excluding carboxylic acids is 1. The van der Waals surface area contributed by atoms with E-state index in [9.17, 15) is 9.18 Å². The summed E-state index contributed by atoms with van der Waals surface area (Å²) in [5, 5.41) is 8.20. The van der Waals surface area contributed by atoms with E-state index in [0.717, 1.165) is 56.3 Å². The maximum absolute atomic E-state index is 13.1. The molecule has 1 aromatic carbocycles. The number of carbonyl (C=O) groups is 1. The van der Waals surface area contributed by atoms with Crippen LogP contribution in [0.15, 0.2) is 24.3 Å². The lowest BCUT2D eigenvalue weighted by molar-refractivity contribution is 0.0753. The molecule has 1 fully saturated rings. The number of aryl methyl sites for hydroxylation is 1. The average molecular weight is 384 g/mol. The fraction of sp³-hybridized carbons (Fsp3) is 0.545. The summed E-state index contributed by atoms with van der Waals surface area (Å²) in [4.78, 5) is 15.1. The molecule has 1 aliphatic heterocycles. The molecule has 0 bridgehead atoms. The van der Waals surface area contributed by atoms with Crippen molar-refractivity contribution in [2.24, 2.45) is 7.05 Å². The third kappa shape index (κ3) is 4.12. The van der Waals surface area contributed by atoms with Crippen molar-refractivity contribution in [2.45, 2.75) is 57.5 Å². The van der Waals surface area contributed by atoms with Gasteiger partial charge in [0.25, 0.3) is 5.91 Å². The minimum absolute atomic E-state index is 0.0953. The van der Waals surface area contributed by atoms with E-state index < -0.39 is 0 Å². The monoisotopic (exact) mass is 384 g/mol. The number of amides is 1. The number of aromatic nitrogens is 2. The van der Waals surface area contributed by atoms with Crippen LogP contribution in [0.5, 0.6) is 0 Å². The minimum Gasteiger partial charge on any atom is -0.337 e. The molecular weight excluding hydrogens is 355 g/mol. The number of likely N-dealkylation sites (tertiary alicyclic amines) is 1. The first kappa shape index (κ1) is 19.1. The van der Waals surface area contributed by atoms with Gasteiger partial charge in [-0.3, -0.25) is 9.48 Å². The Morgan fingerprint density at radius 3 is 2.61 bits per heavy atom. The van der Waals surface area contributed by atoms with E-state index in [-0.39, 0.29) is 11.7 Å². The Labute approximate surface area is 165 Å². The summed E-state index contributed by atoms with van der Waals surface area (Å²) in [5.41, 5.74) is 4.02. The second-order valence-electron chi connectivity index (χ2n) is 8.05. The van der Waals surface area contributed by atoms with Crippen LogP contribution in [0.3, 0.4) is 0 Å².